The van der Waals surface area contributed by atoms with Crippen molar-refractivity contribution < 1.29 is 28.5 Å². The van der Waals surface area contributed by atoms with Gasteiger partial charge < -0.3 is 28.5 Å². The van der Waals surface area contributed by atoms with Gasteiger partial charge in [0, 0.05) is 20.1 Å². The molecule has 6 nitrogen and oxygen atoms in total. The van der Waals surface area contributed by atoms with E-state index in [2.05, 4.69) is 48.5 Å². The standard InChI is InChI=1S/C23H44O6Si/c1-14(2)30(15(3)4,16(5)6)29-20-17(7)21-19(12-18(20)13-24)27-22(8,25-10)23(9,26-11)28-21/h12,14-17,19-21,24H,13H2,1-11H3/t17-,19-,20-,21-,22+,23+/m1/s1. The van der Waals surface area contributed by atoms with E-state index in [1.54, 1.807) is 14.2 Å². The molecule has 1 N–H and O–H groups in total. The Morgan fingerprint density at radius 2 is 1.43 bits per heavy atom. The highest BCUT2D eigenvalue weighted by molar-refractivity contribution is 6.77. The van der Waals surface area contributed by atoms with Crippen molar-refractivity contribution in [2.45, 2.75) is 109 Å². The number of aliphatic hydroxyl groups excluding tert-OH is 1. The van der Waals surface area contributed by atoms with Gasteiger partial charge in [-0.1, -0.05) is 48.5 Å². The van der Waals surface area contributed by atoms with Gasteiger partial charge in [0.15, 0.2) is 0 Å². The van der Waals surface area contributed by atoms with E-state index in [1.165, 1.54) is 0 Å². The molecule has 7 heteroatoms. The second-order valence-electron chi connectivity index (χ2n) is 10.1. The van der Waals surface area contributed by atoms with E-state index >= 15 is 0 Å². The summed E-state index contributed by atoms with van der Waals surface area (Å²) in [5.41, 5.74) is 2.22. The van der Waals surface area contributed by atoms with Gasteiger partial charge in [0.05, 0.1) is 18.8 Å². The molecule has 1 heterocycles. The van der Waals surface area contributed by atoms with Gasteiger partial charge in [-0.3, -0.25) is 0 Å². The molecule has 1 aliphatic carbocycles. The molecule has 1 aliphatic heterocycles. The molecule has 30 heavy (non-hydrogen) atoms. The largest absolute Gasteiger partial charge is 0.409 e. The van der Waals surface area contributed by atoms with Gasteiger partial charge >= 0.3 is 0 Å². The molecule has 0 saturated carbocycles. The summed E-state index contributed by atoms with van der Waals surface area (Å²) in [6.45, 7) is 19.4. The first-order chi connectivity index (χ1) is 13.8. The quantitative estimate of drug-likeness (QED) is 0.435. The second-order valence-corrected chi connectivity index (χ2v) is 15.5. The second kappa shape index (κ2) is 9.30. The number of fused-ring (bicyclic) bond motifs is 1. The van der Waals surface area contributed by atoms with Crippen LogP contribution in [0.4, 0.5) is 0 Å². The molecule has 0 aromatic heterocycles. The lowest BCUT2D eigenvalue weighted by atomic mass is 9.82. The Hall–Kier alpha value is -0.283. The van der Waals surface area contributed by atoms with Gasteiger partial charge in [-0.2, -0.15) is 0 Å². The van der Waals surface area contributed by atoms with Crippen LogP contribution in [0.1, 0.15) is 62.3 Å². The van der Waals surface area contributed by atoms with Crippen LogP contribution < -0.4 is 0 Å². The maximum atomic E-state index is 10.2. The van der Waals surface area contributed by atoms with Gasteiger partial charge in [-0.15, -0.1) is 0 Å². The number of ether oxygens (including phenoxy) is 4. The van der Waals surface area contributed by atoms with Crippen LogP contribution in [0.5, 0.6) is 0 Å². The van der Waals surface area contributed by atoms with Crippen molar-refractivity contribution in [2.24, 2.45) is 5.92 Å². The molecule has 0 amide bonds. The molecule has 0 aromatic carbocycles. The van der Waals surface area contributed by atoms with E-state index in [0.717, 1.165) is 5.57 Å². The fraction of sp³-hybridized carbons (Fsp3) is 0.913. The highest BCUT2D eigenvalue weighted by Gasteiger charge is 2.59. The molecule has 2 rings (SSSR count). The molecular weight excluding hydrogens is 400 g/mol. The van der Waals surface area contributed by atoms with Gasteiger partial charge in [0.25, 0.3) is 0 Å². The average molecular weight is 445 g/mol. The van der Waals surface area contributed by atoms with Crippen LogP contribution in [0.2, 0.25) is 16.6 Å². The zero-order chi connectivity index (χ0) is 23.1. The van der Waals surface area contributed by atoms with Gasteiger partial charge in [0.1, 0.15) is 6.10 Å². The molecule has 1 fully saturated rings. The SMILES string of the molecule is CO[C@@]1(C)O[C@@H]2[C@H](C)[C@@H](O[Si](C(C)C)(C(C)C)C(C)C)C(CO)=C[C@H]2O[C@]1(C)OC. The van der Waals surface area contributed by atoms with Crippen LogP contribution in [0.25, 0.3) is 0 Å². The molecule has 1 saturated heterocycles. The fourth-order valence-electron chi connectivity index (χ4n) is 5.64. The van der Waals surface area contributed by atoms with Gasteiger partial charge in [-0.05, 0) is 42.1 Å². The van der Waals surface area contributed by atoms with Crippen LogP contribution in [0, 0.1) is 5.92 Å². The fourth-order valence-corrected chi connectivity index (χ4v) is 11.3. The van der Waals surface area contributed by atoms with Crippen LogP contribution in [-0.4, -0.2) is 64.1 Å². The zero-order valence-corrected chi connectivity index (χ0v) is 21.8. The normalized spacial score (nSPS) is 37.6. The summed E-state index contributed by atoms with van der Waals surface area (Å²) in [5, 5.41) is 10.2. The lowest BCUT2D eigenvalue weighted by molar-refractivity contribution is -0.448. The van der Waals surface area contributed by atoms with E-state index in [-0.39, 0.29) is 30.8 Å². The van der Waals surface area contributed by atoms with Crippen molar-refractivity contribution in [3.05, 3.63) is 11.6 Å². The monoisotopic (exact) mass is 444 g/mol. The summed E-state index contributed by atoms with van der Waals surface area (Å²) in [5.74, 6) is -2.14. The molecule has 0 aromatic rings. The maximum Gasteiger partial charge on any atom is 0.220 e. The van der Waals surface area contributed by atoms with Crippen molar-refractivity contribution in [1.29, 1.82) is 0 Å². The molecule has 0 unspecified atom stereocenters. The lowest BCUT2D eigenvalue weighted by Gasteiger charge is -2.56. The molecular formula is C23H44O6Si. The minimum atomic E-state index is -2.15. The van der Waals surface area contributed by atoms with Crippen molar-refractivity contribution in [1.82, 2.24) is 0 Å². The van der Waals surface area contributed by atoms with Gasteiger partial charge in [-0.25, -0.2) is 0 Å². The third-order valence-electron chi connectivity index (χ3n) is 7.61. The topological polar surface area (TPSA) is 66.4 Å². The Kier molecular flexibility index (Phi) is 8.05. The number of hydrogen-bond acceptors (Lipinski definition) is 6. The Morgan fingerprint density at radius 3 is 1.83 bits per heavy atom. The van der Waals surface area contributed by atoms with Crippen LogP contribution in [0.3, 0.4) is 0 Å². The first kappa shape index (κ1) is 26.0. The minimum absolute atomic E-state index is 0.0128. The Labute approximate surface area is 184 Å². The molecule has 0 spiro atoms. The van der Waals surface area contributed by atoms with Crippen LogP contribution in [0.15, 0.2) is 11.6 Å². The van der Waals surface area contributed by atoms with Crippen LogP contribution >= 0.6 is 0 Å². The number of aliphatic hydroxyl groups is 1. The smallest absolute Gasteiger partial charge is 0.220 e. The minimum Gasteiger partial charge on any atom is -0.409 e. The predicted octanol–water partition coefficient (Wildman–Crippen LogP) is 4.62. The third kappa shape index (κ3) is 4.07. The van der Waals surface area contributed by atoms with Crippen molar-refractivity contribution >= 4 is 8.32 Å². The third-order valence-corrected chi connectivity index (χ3v) is 13.7. The highest BCUT2D eigenvalue weighted by Crippen LogP contribution is 2.48. The summed E-state index contributed by atoms with van der Waals surface area (Å²) in [6.07, 6.45) is 1.15. The number of rotatable bonds is 8. The molecule has 6 atom stereocenters. The summed E-state index contributed by atoms with van der Waals surface area (Å²) in [7, 11) is 1.03. The zero-order valence-electron chi connectivity index (χ0n) is 20.8. The summed E-state index contributed by atoms with van der Waals surface area (Å²) >= 11 is 0. The molecule has 0 bridgehead atoms. The Balaban J connectivity index is 2.48. The van der Waals surface area contributed by atoms with Crippen molar-refractivity contribution in [3.63, 3.8) is 0 Å². The maximum absolute atomic E-state index is 10.2. The Morgan fingerprint density at radius 1 is 0.967 bits per heavy atom. The highest BCUT2D eigenvalue weighted by atomic mass is 28.4. The van der Waals surface area contributed by atoms with E-state index in [9.17, 15) is 5.11 Å². The predicted molar refractivity (Wildman–Crippen MR) is 121 cm³/mol. The van der Waals surface area contributed by atoms with E-state index in [4.69, 9.17) is 23.4 Å². The van der Waals surface area contributed by atoms with Gasteiger partial charge in [0.2, 0.25) is 19.9 Å². The molecule has 176 valence electrons. The number of hydrogen-bond donors (Lipinski definition) is 1. The molecule has 2 aliphatic rings. The van der Waals surface area contributed by atoms with Crippen LogP contribution in [-0.2, 0) is 23.4 Å². The van der Waals surface area contributed by atoms with E-state index in [0.29, 0.717) is 16.6 Å². The first-order valence-corrected chi connectivity index (χ1v) is 13.4. The summed E-state index contributed by atoms with van der Waals surface area (Å²) in [6, 6.07) is 0. The molecule has 0 radical (unpaired) electrons. The average Bonchev–Trinajstić information content (AvgIpc) is 2.67. The van der Waals surface area contributed by atoms with E-state index < -0.39 is 19.9 Å². The van der Waals surface area contributed by atoms with E-state index in [1.807, 2.05) is 19.9 Å². The van der Waals surface area contributed by atoms with Crippen molar-refractivity contribution in [2.75, 3.05) is 20.8 Å². The summed E-state index contributed by atoms with van der Waals surface area (Å²) in [4.78, 5) is 0. The number of methoxy groups -OCH3 is 2. The van der Waals surface area contributed by atoms with Crippen molar-refractivity contribution in [3.8, 4) is 0 Å². The Bertz CT molecular complexity index is 599. The lowest BCUT2D eigenvalue weighted by Crippen LogP contribution is -2.68. The summed E-state index contributed by atoms with van der Waals surface area (Å²) < 4.78 is 31.3. The first-order valence-electron chi connectivity index (χ1n) is 11.3.